The Morgan fingerprint density at radius 3 is 2.47 bits per heavy atom. The number of hydrogen-bond donors (Lipinski definition) is 3. The average molecular weight is 584 g/mol. The normalized spacial score (nSPS) is 12.5. The lowest BCUT2D eigenvalue weighted by Gasteiger charge is -2.20. The van der Waals surface area contributed by atoms with Crippen LogP contribution in [0.15, 0.2) is 76.7 Å². The summed E-state index contributed by atoms with van der Waals surface area (Å²) >= 11 is 0. The molecule has 0 fully saturated rings. The fraction of sp³-hybridized carbons (Fsp3) is 0.273. The second-order valence-electron chi connectivity index (χ2n) is 11.8. The molecule has 9 nitrogen and oxygen atoms in total. The van der Waals surface area contributed by atoms with E-state index in [1.807, 2.05) is 26.8 Å². The number of aliphatic hydroxyl groups excluding tert-OH is 2. The van der Waals surface area contributed by atoms with Gasteiger partial charge in [0.15, 0.2) is 0 Å². The molecule has 3 aromatic heterocycles. The number of fused-ring (bicyclic) bond motifs is 1. The molecule has 3 heterocycles. The lowest BCUT2D eigenvalue weighted by atomic mass is 9.86. The fourth-order valence-corrected chi connectivity index (χ4v) is 5.09. The van der Waals surface area contributed by atoms with Gasteiger partial charge in [0, 0.05) is 36.0 Å². The van der Waals surface area contributed by atoms with Crippen LogP contribution in [0.25, 0.3) is 27.6 Å². The van der Waals surface area contributed by atoms with Crippen molar-refractivity contribution < 1.29 is 14.6 Å². The van der Waals surface area contributed by atoms with Gasteiger partial charge in [-0.15, -0.1) is 0 Å². The Balaban J connectivity index is 1.59. The zero-order valence-electron chi connectivity index (χ0n) is 24.7. The molecule has 0 radical (unpaired) electrons. The highest BCUT2D eigenvalue weighted by Crippen LogP contribution is 2.31. The van der Waals surface area contributed by atoms with E-state index in [1.165, 1.54) is 16.8 Å². The number of aromatic nitrogens is 4. The first kappa shape index (κ1) is 29.8. The molecule has 10 heteroatoms. The summed E-state index contributed by atoms with van der Waals surface area (Å²) in [5.74, 6) is -0.185. The fourth-order valence-electron chi connectivity index (χ4n) is 5.09. The van der Waals surface area contributed by atoms with Crippen LogP contribution in [0.5, 0.6) is 0 Å². The SMILES string of the molecule is CC(O)Cc1ccc(Nc2cc(-c3cccc(-n4ncc5cc(C(C)(C)C)cc(F)c5c4=O)c3CO)cn(C)c2=O)nc1. The van der Waals surface area contributed by atoms with E-state index < -0.39 is 24.1 Å². The van der Waals surface area contributed by atoms with Crippen LogP contribution in [0, 0.1) is 5.82 Å². The largest absolute Gasteiger partial charge is 0.393 e. The van der Waals surface area contributed by atoms with Crippen molar-refractivity contribution in [2.45, 2.75) is 52.2 Å². The first-order valence-corrected chi connectivity index (χ1v) is 13.9. The first-order chi connectivity index (χ1) is 20.4. The van der Waals surface area contributed by atoms with Gasteiger partial charge in [-0.1, -0.05) is 39.0 Å². The number of aryl methyl sites for hydroxylation is 1. The van der Waals surface area contributed by atoms with Crippen molar-refractivity contribution in [2.24, 2.45) is 7.05 Å². The molecule has 0 spiro atoms. The highest BCUT2D eigenvalue weighted by molar-refractivity contribution is 5.83. The molecular formula is C33H34FN5O4. The van der Waals surface area contributed by atoms with Crippen molar-refractivity contribution in [3.63, 3.8) is 0 Å². The van der Waals surface area contributed by atoms with Gasteiger partial charge in [-0.3, -0.25) is 9.59 Å². The summed E-state index contributed by atoms with van der Waals surface area (Å²) in [6, 6.07) is 13.5. The Labute approximate surface area is 247 Å². The van der Waals surface area contributed by atoms with Gasteiger partial charge in [-0.2, -0.15) is 9.78 Å². The van der Waals surface area contributed by atoms with Crippen LogP contribution in [-0.2, 0) is 25.5 Å². The molecule has 0 bridgehead atoms. The van der Waals surface area contributed by atoms with Gasteiger partial charge >= 0.3 is 0 Å². The Morgan fingerprint density at radius 2 is 1.81 bits per heavy atom. The molecule has 0 amide bonds. The zero-order chi connectivity index (χ0) is 31.1. The van der Waals surface area contributed by atoms with Crippen LogP contribution in [0.4, 0.5) is 15.9 Å². The number of pyridine rings is 2. The third-order valence-corrected chi connectivity index (χ3v) is 7.36. The van der Waals surface area contributed by atoms with Gasteiger partial charge in [0.1, 0.15) is 17.3 Å². The van der Waals surface area contributed by atoms with Crippen molar-refractivity contribution in [2.75, 3.05) is 5.32 Å². The molecule has 1 atom stereocenters. The van der Waals surface area contributed by atoms with Crippen molar-refractivity contribution in [1.82, 2.24) is 19.3 Å². The highest BCUT2D eigenvalue weighted by Gasteiger charge is 2.21. The molecule has 0 aliphatic rings. The van der Waals surface area contributed by atoms with Crippen molar-refractivity contribution in [1.29, 1.82) is 0 Å². The monoisotopic (exact) mass is 583 g/mol. The van der Waals surface area contributed by atoms with Crippen LogP contribution in [0.2, 0.25) is 0 Å². The van der Waals surface area contributed by atoms with Gasteiger partial charge < -0.3 is 20.1 Å². The Morgan fingerprint density at radius 1 is 1.05 bits per heavy atom. The van der Waals surface area contributed by atoms with Crippen LogP contribution in [0.1, 0.15) is 44.4 Å². The molecular weight excluding hydrogens is 549 g/mol. The quantitative estimate of drug-likeness (QED) is 0.253. The summed E-state index contributed by atoms with van der Waals surface area (Å²) < 4.78 is 17.8. The van der Waals surface area contributed by atoms with E-state index in [4.69, 9.17) is 0 Å². The molecule has 222 valence electrons. The van der Waals surface area contributed by atoms with Crippen molar-refractivity contribution in [3.8, 4) is 16.8 Å². The van der Waals surface area contributed by atoms with E-state index in [9.17, 15) is 19.8 Å². The van der Waals surface area contributed by atoms with Gasteiger partial charge in [-0.25, -0.2) is 9.37 Å². The number of halogens is 1. The van der Waals surface area contributed by atoms with Crippen LogP contribution in [-0.4, -0.2) is 35.6 Å². The van der Waals surface area contributed by atoms with E-state index in [0.717, 1.165) is 15.8 Å². The summed E-state index contributed by atoms with van der Waals surface area (Å²) in [5.41, 5.74) is 2.45. The van der Waals surface area contributed by atoms with Crippen molar-refractivity contribution in [3.05, 3.63) is 110 Å². The van der Waals surface area contributed by atoms with E-state index in [1.54, 1.807) is 62.8 Å². The van der Waals surface area contributed by atoms with E-state index in [2.05, 4.69) is 15.4 Å². The minimum atomic E-state index is -0.643. The summed E-state index contributed by atoms with van der Waals surface area (Å²) in [4.78, 5) is 30.9. The topological polar surface area (TPSA) is 122 Å². The molecule has 5 rings (SSSR count). The van der Waals surface area contributed by atoms with Gasteiger partial charge in [0.2, 0.25) is 0 Å². The predicted molar refractivity (Wildman–Crippen MR) is 166 cm³/mol. The van der Waals surface area contributed by atoms with Crippen LogP contribution >= 0.6 is 0 Å². The molecule has 0 aliphatic carbocycles. The molecule has 43 heavy (non-hydrogen) atoms. The Bertz CT molecular complexity index is 1940. The number of anilines is 2. The number of hydrogen-bond acceptors (Lipinski definition) is 7. The molecule has 0 saturated carbocycles. The predicted octanol–water partition coefficient (Wildman–Crippen LogP) is 4.74. The zero-order valence-corrected chi connectivity index (χ0v) is 24.7. The number of nitrogens with one attached hydrogen (secondary N) is 1. The summed E-state index contributed by atoms with van der Waals surface area (Å²) in [7, 11) is 1.61. The third kappa shape index (κ3) is 5.97. The second-order valence-corrected chi connectivity index (χ2v) is 11.8. The number of aliphatic hydroxyl groups is 2. The lowest BCUT2D eigenvalue weighted by Crippen LogP contribution is -2.24. The van der Waals surface area contributed by atoms with Crippen molar-refractivity contribution >= 4 is 22.3 Å². The number of rotatable bonds is 7. The van der Waals surface area contributed by atoms with Gasteiger partial charge in [-0.05, 0) is 65.8 Å². The highest BCUT2D eigenvalue weighted by atomic mass is 19.1. The minimum absolute atomic E-state index is 0.0853. The maximum absolute atomic E-state index is 15.3. The molecule has 0 saturated heterocycles. The first-order valence-electron chi connectivity index (χ1n) is 13.9. The van der Waals surface area contributed by atoms with E-state index in [-0.39, 0.29) is 22.0 Å². The van der Waals surface area contributed by atoms with Crippen LogP contribution < -0.4 is 16.4 Å². The van der Waals surface area contributed by atoms with Crippen LogP contribution in [0.3, 0.4) is 0 Å². The summed E-state index contributed by atoms with van der Waals surface area (Å²) in [6.07, 6.45) is 4.69. The molecule has 3 N–H and O–H groups in total. The van der Waals surface area contributed by atoms with E-state index >= 15 is 4.39 Å². The maximum Gasteiger partial charge on any atom is 0.282 e. The number of nitrogens with zero attached hydrogens (tertiary/aromatic N) is 4. The summed E-state index contributed by atoms with van der Waals surface area (Å²) in [5, 5.41) is 27.8. The minimum Gasteiger partial charge on any atom is -0.393 e. The Hall–Kier alpha value is -4.67. The van der Waals surface area contributed by atoms with Gasteiger partial charge in [0.05, 0.1) is 30.0 Å². The second kappa shape index (κ2) is 11.5. The number of benzene rings is 2. The lowest BCUT2D eigenvalue weighted by molar-refractivity contribution is 0.195. The smallest absolute Gasteiger partial charge is 0.282 e. The molecule has 5 aromatic rings. The molecule has 0 aliphatic heterocycles. The van der Waals surface area contributed by atoms with Gasteiger partial charge in [0.25, 0.3) is 11.1 Å². The standard InChI is InChI=1S/C33H34FN5O4/c1-19(41)11-20-9-10-29(35-15-20)37-27-13-22(17-38(5)31(27)42)24-7-6-8-28(25(24)18-40)39-32(43)30-21(16-36-39)12-23(14-26(30)34)33(2,3)4/h6-10,12-17,19,40-41H,11,18H2,1-5H3,(H,35,37). The van der Waals surface area contributed by atoms with E-state index in [0.29, 0.717) is 40.0 Å². The average Bonchev–Trinajstić information content (AvgIpc) is 2.95. The molecule has 2 aromatic carbocycles. The third-order valence-electron chi connectivity index (χ3n) is 7.36. The summed E-state index contributed by atoms with van der Waals surface area (Å²) in [6.45, 7) is 7.15. The molecule has 1 unspecified atom stereocenters. The maximum atomic E-state index is 15.3. The Kier molecular flexibility index (Phi) is 8.00.